The van der Waals surface area contributed by atoms with Crippen LogP contribution in [0, 0.1) is 0 Å². The molecule has 2 N–H and O–H groups in total. The molecule has 0 spiro atoms. The third-order valence-electron chi connectivity index (χ3n) is 4.15. The molecule has 1 aromatic carbocycles. The Kier molecular flexibility index (Phi) is 6.24. The van der Waals surface area contributed by atoms with Crippen molar-refractivity contribution >= 4 is 5.91 Å². The summed E-state index contributed by atoms with van der Waals surface area (Å²) in [4.78, 5) is 10.9. The summed E-state index contributed by atoms with van der Waals surface area (Å²) in [5.74, 6) is 0.907. The Hall–Kier alpha value is -1.59. The minimum absolute atomic E-state index is 0.0126. The molecule has 0 aromatic heterocycles. The molecule has 0 saturated carbocycles. The summed E-state index contributed by atoms with van der Waals surface area (Å²) in [5, 5.41) is 6.35. The van der Waals surface area contributed by atoms with Crippen molar-refractivity contribution in [3.8, 4) is 5.75 Å². The number of fused-ring (bicyclic) bond motifs is 1. The molecule has 1 aromatic rings. The van der Waals surface area contributed by atoms with Gasteiger partial charge in [0.05, 0.1) is 24.4 Å². The third-order valence-corrected chi connectivity index (χ3v) is 4.15. The summed E-state index contributed by atoms with van der Waals surface area (Å²) in [7, 11) is 0. The predicted octanol–water partition coefficient (Wildman–Crippen LogP) is 2.90. The average Bonchev–Trinajstić information content (AvgIpc) is 2.48. The molecule has 0 radical (unpaired) electrons. The minimum atomic E-state index is -0.292. The summed E-state index contributed by atoms with van der Waals surface area (Å²) in [6.07, 6.45) is 1.04. The van der Waals surface area contributed by atoms with Crippen LogP contribution in [0.25, 0.3) is 0 Å². The minimum Gasteiger partial charge on any atom is -0.491 e. The summed E-state index contributed by atoms with van der Waals surface area (Å²) >= 11 is 0. The van der Waals surface area contributed by atoms with Crippen molar-refractivity contribution < 1.29 is 14.3 Å². The molecule has 1 heterocycles. The van der Waals surface area contributed by atoms with Gasteiger partial charge in [0.15, 0.2) is 0 Å². The Morgan fingerprint density at radius 2 is 2.12 bits per heavy atom. The molecule has 24 heavy (non-hydrogen) atoms. The lowest BCUT2D eigenvalue weighted by Crippen LogP contribution is -2.38. The number of hydrogen-bond acceptors (Lipinski definition) is 4. The first-order valence-corrected chi connectivity index (χ1v) is 8.72. The van der Waals surface area contributed by atoms with E-state index in [1.54, 1.807) is 0 Å². The van der Waals surface area contributed by atoms with Crippen LogP contribution in [0.2, 0.25) is 0 Å². The number of benzene rings is 1. The van der Waals surface area contributed by atoms with E-state index < -0.39 is 0 Å². The van der Waals surface area contributed by atoms with E-state index in [0.29, 0.717) is 13.2 Å². The smallest absolute Gasteiger partial charge is 0.216 e. The Balaban J connectivity index is 2.07. The monoisotopic (exact) mass is 334 g/mol. The van der Waals surface area contributed by atoms with Gasteiger partial charge in [-0.15, -0.1) is 0 Å². The summed E-state index contributed by atoms with van der Waals surface area (Å²) in [6, 6.07) is 6.40. The van der Waals surface area contributed by atoms with Gasteiger partial charge in [0.1, 0.15) is 5.75 Å². The maximum Gasteiger partial charge on any atom is 0.216 e. The molecule has 0 saturated heterocycles. The maximum absolute atomic E-state index is 10.9. The first-order chi connectivity index (χ1) is 11.3. The largest absolute Gasteiger partial charge is 0.491 e. The second kappa shape index (κ2) is 7.99. The van der Waals surface area contributed by atoms with E-state index in [1.807, 2.05) is 19.9 Å². The van der Waals surface area contributed by atoms with Crippen LogP contribution >= 0.6 is 0 Å². The van der Waals surface area contributed by atoms with E-state index >= 15 is 0 Å². The zero-order valence-corrected chi connectivity index (χ0v) is 15.4. The van der Waals surface area contributed by atoms with E-state index in [1.165, 1.54) is 18.1 Å². The van der Waals surface area contributed by atoms with Crippen LogP contribution in [-0.2, 0) is 15.1 Å². The quantitative estimate of drug-likeness (QED) is 0.753. The van der Waals surface area contributed by atoms with Crippen molar-refractivity contribution in [1.29, 1.82) is 0 Å². The van der Waals surface area contributed by atoms with Crippen LogP contribution in [0.15, 0.2) is 18.2 Å². The number of carbonyl (C=O) groups excluding carboxylic acids is 1. The van der Waals surface area contributed by atoms with E-state index in [2.05, 4.69) is 36.6 Å². The molecule has 0 fully saturated rings. The number of rotatable bonds is 7. The molecular formula is C19H30N2O3. The molecule has 2 rings (SSSR count). The highest BCUT2D eigenvalue weighted by Gasteiger charge is 2.33. The van der Waals surface area contributed by atoms with Gasteiger partial charge in [0.25, 0.3) is 0 Å². The first-order valence-electron chi connectivity index (χ1n) is 8.72. The van der Waals surface area contributed by atoms with Gasteiger partial charge >= 0.3 is 0 Å². The molecule has 5 heteroatoms. The van der Waals surface area contributed by atoms with Crippen LogP contribution in [0.1, 0.15) is 58.2 Å². The van der Waals surface area contributed by atoms with Crippen molar-refractivity contribution in [2.75, 3.05) is 19.7 Å². The zero-order chi connectivity index (χ0) is 17.7. The van der Waals surface area contributed by atoms with Gasteiger partial charge < -0.3 is 20.1 Å². The highest BCUT2D eigenvalue weighted by molar-refractivity contribution is 5.72. The topological polar surface area (TPSA) is 59.6 Å². The summed E-state index contributed by atoms with van der Waals surface area (Å²) < 4.78 is 11.9. The molecular weight excluding hydrogens is 304 g/mol. The fraction of sp³-hybridized carbons (Fsp3) is 0.632. The molecule has 1 amide bonds. The van der Waals surface area contributed by atoms with Crippen molar-refractivity contribution in [3.05, 3.63) is 29.3 Å². The van der Waals surface area contributed by atoms with Crippen molar-refractivity contribution in [1.82, 2.24) is 10.6 Å². The second-order valence-corrected chi connectivity index (χ2v) is 7.08. The number of carbonyl (C=O) groups is 1. The van der Waals surface area contributed by atoms with E-state index in [4.69, 9.17) is 9.47 Å². The maximum atomic E-state index is 10.9. The van der Waals surface area contributed by atoms with Crippen LogP contribution in [-0.4, -0.2) is 31.7 Å². The zero-order valence-electron chi connectivity index (χ0n) is 15.4. The lowest BCUT2D eigenvalue weighted by molar-refractivity contribution is -0.118. The van der Waals surface area contributed by atoms with Gasteiger partial charge in [-0.1, -0.05) is 6.07 Å². The first kappa shape index (κ1) is 18.7. The van der Waals surface area contributed by atoms with E-state index in [0.717, 1.165) is 18.7 Å². The second-order valence-electron chi connectivity index (χ2n) is 7.08. The van der Waals surface area contributed by atoms with Crippen LogP contribution in [0.3, 0.4) is 0 Å². The number of ether oxygens (including phenoxy) is 2. The fourth-order valence-electron chi connectivity index (χ4n) is 2.98. The number of hydrogen-bond donors (Lipinski definition) is 2. The normalized spacial score (nSPS) is 19.0. The van der Waals surface area contributed by atoms with Gasteiger partial charge in [0.2, 0.25) is 5.91 Å². The lowest BCUT2D eigenvalue weighted by Gasteiger charge is -2.38. The molecule has 0 aliphatic carbocycles. The van der Waals surface area contributed by atoms with Crippen LogP contribution in [0.4, 0.5) is 0 Å². The molecule has 1 aliphatic heterocycles. The molecule has 134 valence electrons. The molecule has 0 bridgehead atoms. The Bertz CT molecular complexity index is 570. The number of amides is 1. The van der Waals surface area contributed by atoms with Gasteiger partial charge in [-0.3, -0.25) is 4.79 Å². The lowest BCUT2D eigenvalue weighted by atomic mass is 9.86. The van der Waals surface area contributed by atoms with Gasteiger partial charge in [0, 0.05) is 13.5 Å². The standard InChI is InChI=1S/C19H30N2O3/c1-13(2)24-15-7-8-17-16(11-15)18(12-23-19(17,4)5)21-10-6-9-20-14(3)22/h7-8,11,13,18,21H,6,9-10,12H2,1-5H3,(H,20,22). The Labute approximate surface area is 145 Å². The SMILES string of the molecule is CC(=O)NCCCNC1COC(C)(C)c2ccc(OC(C)C)cc21. The Morgan fingerprint density at radius 3 is 2.79 bits per heavy atom. The summed E-state index contributed by atoms with van der Waals surface area (Å²) in [6.45, 7) is 11.9. The average molecular weight is 334 g/mol. The van der Waals surface area contributed by atoms with E-state index in [9.17, 15) is 4.79 Å². The van der Waals surface area contributed by atoms with Crippen molar-refractivity contribution in [3.63, 3.8) is 0 Å². The van der Waals surface area contributed by atoms with Crippen LogP contribution in [0.5, 0.6) is 5.75 Å². The highest BCUT2D eigenvalue weighted by atomic mass is 16.5. The van der Waals surface area contributed by atoms with E-state index in [-0.39, 0.29) is 23.7 Å². The molecule has 1 unspecified atom stereocenters. The van der Waals surface area contributed by atoms with Crippen molar-refractivity contribution in [2.45, 2.75) is 58.8 Å². The fourth-order valence-corrected chi connectivity index (χ4v) is 2.98. The molecule has 1 aliphatic rings. The van der Waals surface area contributed by atoms with Crippen molar-refractivity contribution in [2.24, 2.45) is 0 Å². The molecule has 1 atom stereocenters. The van der Waals surface area contributed by atoms with Gasteiger partial charge in [-0.2, -0.15) is 0 Å². The van der Waals surface area contributed by atoms with Crippen LogP contribution < -0.4 is 15.4 Å². The summed E-state index contributed by atoms with van der Waals surface area (Å²) in [5.41, 5.74) is 2.15. The Morgan fingerprint density at radius 1 is 1.38 bits per heavy atom. The predicted molar refractivity (Wildman–Crippen MR) is 95.2 cm³/mol. The van der Waals surface area contributed by atoms with Gasteiger partial charge in [-0.25, -0.2) is 0 Å². The van der Waals surface area contributed by atoms with Gasteiger partial charge in [-0.05, 0) is 63.9 Å². The highest BCUT2D eigenvalue weighted by Crippen LogP contribution is 2.38. The third kappa shape index (κ3) is 4.95. The number of nitrogens with one attached hydrogen (secondary N) is 2. The molecule has 5 nitrogen and oxygen atoms in total.